The Labute approximate surface area is 124 Å². The fourth-order valence-electron chi connectivity index (χ4n) is 2.45. The standard InChI is InChI=1S/C14H19FN2O3S/c1-2-16-14(18)17-9-7-13(8-10-17)21(19,20)12-5-3-11(15)4-6-12/h3-6,13H,2,7-10H2,1H3,(H,16,18). The topological polar surface area (TPSA) is 66.5 Å². The third kappa shape index (κ3) is 3.53. The highest BCUT2D eigenvalue weighted by atomic mass is 32.2. The number of rotatable bonds is 3. The van der Waals surface area contributed by atoms with Crippen LogP contribution in [0.4, 0.5) is 9.18 Å². The maximum absolute atomic E-state index is 12.9. The van der Waals surface area contributed by atoms with E-state index in [0.717, 1.165) is 12.1 Å². The Morgan fingerprint density at radius 3 is 2.38 bits per heavy atom. The van der Waals surface area contributed by atoms with Gasteiger partial charge in [-0.05, 0) is 44.0 Å². The molecule has 2 rings (SSSR count). The van der Waals surface area contributed by atoms with Crippen molar-refractivity contribution in [3.63, 3.8) is 0 Å². The van der Waals surface area contributed by atoms with Gasteiger partial charge in [0, 0.05) is 19.6 Å². The van der Waals surface area contributed by atoms with Gasteiger partial charge in [0.1, 0.15) is 5.82 Å². The minimum Gasteiger partial charge on any atom is -0.338 e. The molecule has 1 saturated heterocycles. The molecule has 0 bridgehead atoms. The molecule has 1 aliphatic heterocycles. The van der Waals surface area contributed by atoms with E-state index in [1.165, 1.54) is 12.1 Å². The lowest BCUT2D eigenvalue weighted by Crippen LogP contribution is -2.46. The fourth-order valence-corrected chi connectivity index (χ4v) is 4.18. The molecular formula is C14H19FN2O3S. The fraction of sp³-hybridized carbons (Fsp3) is 0.500. The van der Waals surface area contributed by atoms with Crippen LogP contribution in [0.5, 0.6) is 0 Å². The van der Waals surface area contributed by atoms with Crippen molar-refractivity contribution in [2.45, 2.75) is 29.9 Å². The molecule has 0 aliphatic carbocycles. The molecule has 0 radical (unpaired) electrons. The second kappa shape index (κ2) is 6.43. The van der Waals surface area contributed by atoms with Gasteiger partial charge in [0.15, 0.2) is 9.84 Å². The molecule has 2 amide bonds. The lowest BCUT2D eigenvalue weighted by Gasteiger charge is -2.31. The Hall–Kier alpha value is -1.63. The molecule has 5 nitrogen and oxygen atoms in total. The first kappa shape index (κ1) is 15.8. The second-order valence-electron chi connectivity index (χ2n) is 5.02. The summed E-state index contributed by atoms with van der Waals surface area (Å²) in [6, 6.07) is 4.73. The van der Waals surface area contributed by atoms with Crippen LogP contribution in [0.25, 0.3) is 0 Å². The summed E-state index contributed by atoms with van der Waals surface area (Å²) in [6.07, 6.45) is 0.799. The molecule has 7 heteroatoms. The number of nitrogens with zero attached hydrogens (tertiary/aromatic N) is 1. The summed E-state index contributed by atoms with van der Waals surface area (Å²) >= 11 is 0. The number of likely N-dealkylation sites (tertiary alicyclic amines) is 1. The SMILES string of the molecule is CCNC(=O)N1CCC(S(=O)(=O)c2ccc(F)cc2)CC1. The van der Waals surface area contributed by atoms with Crippen LogP contribution in [-0.4, -0.2) is 44.2 Å². The lowest BCUT2D eigenvalue weighted by molar-refractivity contribution is 0.187. The van der Waals surface area contributed by atoms with E-state index in [1.807, 2.05) is 6.92 Å². The summed E-state index contributed by atoms with van der Waals surface area (Å²) in [7, 11) is -3.47. The summed E-state index contributed by atoms with van der Waals surface area (Å²) in [5.41, 5.74) is 0. The number of urea groups is 1. The number of sulfone groups is 1. The monoisotopic (exact) mass is 314 g/mol. The van der Waals surface area contributed by atoms with Crippen molar-refractivity contribution in [2.24, 2.45) is 0 Å². The van der Waals surface area contributed by atoms with E-state index in [4.69, 9.17) is 0 Å². The minimum absolute atomic E-state index is 0.139. The van der Waals surface area contributed by atoms with Gasteiger partial charge in [-0.1, -0.05) is 0 Å². The van der Waals surface area contributed by atoms with E-state index < -0.39 is 20.9 Å². The van der Waals surface area contributed by atoms with Crippen molar-refractivity contribution in [2.75, 3.05) is 19.6 Å². The molecule has 1 heterocycles. The zero-order valence-corrected chi connectivity index (χ0v) is 12.7. The molecule has 0 spiro atoms. The van der Waals surface area contributed by atoms with E-state index >= 15 is 0 Å². The number of carbonyl (C=O) groups excluding carboxylic acids is 1. The maximum Gasteiger partial charge on any atom is 0.317 e. The molecule has 1 N–H and O–H groups in total. The first-order chi connectivity index (χ1) is 9.95. The van der Waals surface area contributed by atoms with Crippen molar-refractivity contribution in [1.29, 1.82) is 0 Å². The van der Waals surface area contributed by atoms with E-state index in [9.17, 15) is 17.6 Å². The highest BCUT2D eigenvalue weighted by Gasteiger charge is 2.32. The largest absolute Gasteiger partial charge is 0.338 e. The number of hydrogen-bond acceptors (Lipinski definition) is 3. The number of halogens is 1. The molecular weight excluding hydrogens is 295 g/mol. The number of benzene rings is 1. The smallest absolute Gasteiger partial charge is 0.317 e. The van der Waals surface area contributed by atoms with Gasteiger partial charge < -0.3 is 10.2 Å². The Morgan fingerprint density at radius 2 is 1.86 bits per heavy atom. The number of carbonyl (C=O) groups is 1. The number of piperidine rings is 1. The van der Waals surface area contributed by atoms with Crippen LogP contribution in [0.1, 0.15) is 19.8 Å². The maximum atomic E-state index is 12.9. The van der Waals surface area contributed by atoms with Crippen LogP contribution >= 0.6 is 0 Å². The first-order valence-electron chi connectivity index (χ1n) is 6.97. The highest BCUT2D eigenvalue weighted by molar-refractivity contribution is 7.92. The molecule has 1 fully saturated rings. The first-order valence-corrected chi connectivity index (χ1v) is 8.52. The van der Waals surface area contributed by atoms with E-state index in [0.29, 0.717) is 32.5 Å². The Morgan fingerprint density at radius 1 is 1.29 bits per heavy atom. The number of hydrogen-bond donors (Lipinski definition) is 1. The van der Waals surface area contributed by atoms with Gasteiger partial charge >= 0.3 is 6.03 Å². The zero-order valence-electron chi connectivity index (χ0n) is 11.9. The van der Waals surface area contributed by atoms with E-state index in [2.05, 4.69) is 5.32 Å². The second-order valence-corrected chi connectivity index (χ2v) is 7.25. The molecule has 0 saturated carbocycles. The molecule has 116 valence electrons. The van der Waals surface area contributed by atoms with Crippen LogP contribution in [0.2, 0.25) is 0 Å². The third-order valence-electron chi connectivity index (χ3n) is 3.64. The number of amides is 2. The lowest BCUT2D eigenvalue weighted by atomic mass is 10.1. The summed E-state index contributed by atoms with van der Waals surface area (Å²) in [4.78, 5) is 13.5. The Kier molecular flexibility index (Phi) is 4.82. The van der Waals surface area contributed by atoms with Crippen molar-refractivity contribution < 1.29 is 17.6 Å². The average molecular weight is 314 g/mol. The summed E-state index contributed by atoms with van der Waals surface area (Å²) in [6.45, 7) is 3.21. The van der Waals surface area contributed by atoms with Crippen molar-refractivity contribution >= 4 is 15.9 Å². The quantitative estimate of drug-likeness (QED) is 0.865. The Bertz CT molecular complexity index is 593. The molecule has 0 aromatic heterocycles. The molecule has 1 aliphatic rings. The van der Waals surface area contributed by atoms with Crippen LogP contribution in [-0.2, 0) is 9.84 Å². The van der Waals surface area contributed by atoms with Crippen LogP contribution in [0.3, 0.4) is 0 Å². The van der Waals surface area contributed by atoms with Crippen LogP contribution in [0, 0.1) is 5.82 Å². The molecule has 21 heavy (non-hydrogen) atoms. The summed E-state index contributed by atoms with van der Waals surface area (Å²) in [5.74, 6) is -0.458. The molecule has 1 aromatic rings. The molecule has 0 atom stereocenters. The number of nitrogens with one attached hydrogen (secondary N) is 1. The highest BCUT2D eigenvalue weighted by Crippen LogP contribution is 2.24. The third-order valence-corrected chi connectivity index (χ3v) is 5.92. The van der Waals surface area contributed by atoms with Gasteiger partial charge in [-0.15, -0.1) is 0 Å². The predicted molar refractivity (Wildman–Crippen MR) is 77.3 cm³/mol. The van der Waals surface area contributed by atoms with Crippen molar-refractivity contribution in [3.05, 3.63) is 30.1 Å². The van der Waals surface area contributed by atoms with Crippen LogP contribution < -0.4 is 5.32 Å². The van der Waals surface area contributed by atoms with Gasteiger partial charge in [-0.2, -0.15) is 0 Å². The van der Waals surface area contributed by atoms with Gasteiger partial charge in [0.2, 0.25) is 0 Å². The molecule has 0 unspecified atom stereocenters. The van der Waals surface area contributed by atoms with Crippen molar-refractivity contribution in [1.82, 2.24) is 10.2 Å². The van der Waals surface area contributed by atoms with E-state index in [-0.39, 0.29) is 10.9 Å². The normalized spacial score (nSPS) is 16.8. The van der Waals surface area contributed by atoms with Crippen LogP contribution in [0.15, 0.2) is 29.2 Å². The van der Waals surface area contributed by atoms with E-state index in [1.54, 1.807) is 4.90 Å². The average Bonchev–Trinajstić information content (AvgIpc) is 2.48. The molecule has 1 aromatic carbocycles. The zero-order chi connectivity index (χ0) is 15.5. The minimum atomic E-state index is -3.47. The van der Waals surface area contributed by atoms with Gasteiger partial charge in [-0.25, -0.2) is 17.6 Å². The van der Waals surface area contributed by atoms with Gasteiger partial charge in [-0.3, -0.25) is 0 Å². The Balaban J connectivity index is 2.04. The summed E-state index contributed by atoms with van der Waals surface area (Å²) < 4.78 is 37.8. The summed E-state index contributed by atoms with van der Waals surface area (Å²) in [5, 5.41) is 2.18. The predicted octanol–water partition coefficient (Wildman–Crippen LogP) is 1.79. The van der Waals surface area contributed by atoms with Gasteiger partial charge in [0.05, 0.1) is 10.1 Å². The van der Waals surface area contributed by atoms with Crippen molar-refractivity contribution in [3.8, 4) is 0 Å². The van der Waals surface area contributed by atoms with Gasteiger partial charge in [0.25, 0.3) is 0 Å².